The summed E-state index contributed by atoms with van der Waals surface area (Å²) >= 11 is 13.6. The number of ether oxygens (including phenoxy) is 1. The van der Waals surface area contributed by atoms with Crippen molar-refractivity contribution < 1.29 is 9.53 Å². The van der Waals surface area contributed by atoms with Crippen LogP contribution in [0.1, 0.15) is 24.7 Å². The number of amides is 1. The van der Waals surface area contributed by atoms with Gasteiger partial charge in [0.1, 0.15) is 5.75 Å². The normalized spacial score (nSPS) is 10.8. The number of aromatic nitrogens is 3. The van der Waals surface area contributed by atoms with Crippen molar-refractivity contribution >= 4 is 40.9 Å². The molecule has 0 unspecified atom stereocenters. The Balaban J connectivity index is 1.68. The summed E-state index contributed by atoms with van der Waals surface area (Å²) in [6, 6.07) is 12.9. The molecule has 0 saturated heterocycles. The molecule has 6 nitrogen and oxygen atoms in total. The summed E-state index contributed by atoms with van der Waals surface area (Å²) in [6.07, 6.45) is 1.03. The number of halogens is 2. The summed E-state index contributed by atoms with van der Waals surface area (Å²) in [5, 5.41) is 13.1. The fraction of sp³-hybridized carbons (Fsp3) is 0.286. The third-order valence-corrected chi connectivity index (χ3v) is 5.76. The highest BCUT2D eigenvalue weighted by Crippen LogP contribution is 2.27. The van der Waals surface area contributed by atoms with Crippen LogP contribution in [0.3, 0.4) is 0 Å². The maximum atomic E-state index is 12.3. The lowest BCUT2D eigenvalue weighted by atomic mass is 10.2. The molecular formula is C21H22Cl2N4O2S. The number of nitrogens with one attached hydrogen (secondary N) is 1. The predicted octanol–water partition coefficient (Wildman–Crippen LogP) is 5.08. The van der Waals surface area contributed by atoms with Crippen molar-refractivity contribution in [3.05, 3.63) is 63.9 Å². The first-order valence-electron chi connectivity index (χ1n) is 9.46. The Morgan fingerprint density at radius 1 is 1.20 bits per heavy atom. The van der Waals surface area contributed by atoms with Gasteiger partial charge in [-0.05, 0) is 49.2 Å². The lowest BCUT2D eigenvalue weighted by Crippen LogP contribution is -2.29. The molecule has 0 fully saturated rings. The number of thioether (sulfide) groups is 1. The zero-order valence-corrected chi connectivity index (χ0v) is 19.0. The van der Waals surface area contributed by atoms with E-state index in [-0.39, 0.29) is 19.1 Å². The van der Waals surface area contributed by atoms with Crippen molar-refractivity contribution in [1.29, 1.82) is 0 Å². The minimum Gasteiger partial charge on any atom is -0.482 e. The van der Waals surface area contributed by atoms with Gasteiger partial charge in [0.25, 0.3) is 5.91 Å². The van der Waals surface area contributed by atoms with Crippen molar-refractivity contribution in [2.24, 2.45) is 0 Å². The topological polar surface area (TPSA) is 69.0 Å². The number of hydrogen-bond acceptors (Lipinski definition) is 5. The molecule has 0 saturated carbocycles. The number of carbonyl (C=O) groups excluding carboxylic acids is 1. The predicted molar refractivity (Wildman–Crippen MR) is 121 cm³/mol. The molecule has 1 aromatic heterocycles. The maximum absolute atomic E-state index is 12.3. The average Bonchev–Trinajstić information content (AvgIpc) is 3.12. The second-order valence-electron chi connectivity index (χ2n) is 6.56. The number of nitrogens with zero attached hydrogens (tertiary/aromatic N) is 3. The van der Waals surface area contributed by atoms with Gasteiger partial charge in [-0.15, -0.1) is 10.2 Å². The second kappa shape index (κ2) is 10.7. The largest absolute Gasteiger partial charge is 0.482 e. The maximum Gasteiger partial charge on any atom is 0.258 e. The van der Waals surface area contributed by atoms with E-state index in [0.717, 1.165) is 28.6 Å². The van der Waals surface area contributed by atoms with Crippen molar-refractivity contribution in [3.8, 4) is 11.4 Å². The van der Waals surface area contributed by atoms with Crippen molar-refractivity contribution in [3.63, 3.8) is 0 Å². The van der Waals surface area contributed by atoms with E-state index < -0.39 is 0 Å². The molecule has 0 aliphatic rings. The molecule has 1 heterocycles. The second-order valence-corrected chi connectivity index (χ2v) is 8.47. The van der Waals surface area contributed by atoms with Crippen LogP contribution in [0.25, 0.3) is 5.69 Å². The molecule has 0 bridgehead atoms. The summed E-state index contributed by atoms with van der Waals surface area (Å²) < 4.78 is 7.46. The Morgan fingerprint density at radius 2 is 2.03 bits per heavy atom. The van der Waals surface area contributed by atoms with Crippen molar-refractivity contribution in [2.45, 2.75) is 32.0 Å². The Labute approximate surface area is 189 Å². The zero-order valence-electron chi connectivity index (χ0n) is 16.7. The third-order valence-electron chi connectivity index (χ3n) is 4.09. The Morgan fingerprint density at radius 3 is 2.77 bits per heavy atom. The van der Waals surface area contributed by atoms with Gasteiger partial charge in [0.15, 0.2) is 17.6 Å². The fourth-order valence-corrected chi connectivity index (χ4v) is 3.98. The monoisotopic (exact) mass is 464 g/mol. The van der Waals surface area contributed by atoms with Crippen LogP contribution in [0, 0.1) is 6.92 Å². The molecule has 0 aliphatic heterocycles. The van der Waals surface area contributed by atoms with Crippen LogP contribution in [0.5, 0.6) is 5.75 Å². The molecule has 158 valence electrons. The fourth-order valence-electron chi connectivity index (χ4n) is 2.69. The molecule has 3 rings (SSSR count). The van der Waals surface area contributed by atoms with Crippen LogP contribution in [0.2, 0.25) is 10.0 Å². The average molecular weight is 465 g/mol. The van der Waals surface area contributed by atoms with E-state index in [1.807, 2.05) is 29.7 Å². The molecule has 3 aromatic rings. The molecular weight excluding hydrogens is 443 g/mol. The smallest absolute Gasteiger partial charge is 0.258 e. The van der Waals surface area contributed by atoms with Gasteiger partial charge in [0.2, 0.25) is 0 Å². The first-order chi connectivity index (χ1) is 14.5. The Bertz CT molecular complexity index is 1030. The zero-order chi connectivity index (χ0) is 21.5. The van der Waals surface area contributed by atoms with Gasteiger partial charge in [-0.1, -0.05) is 54.0 Å². The molecule has 0 radical (unpaired) electrons. The van der Waals surface area contributed by atoms with E-state index in [9.17, 15) is 4.79 Å². The molecule has 2 aromatic carbocycles. The van der Waals surface area contributed by atoms with Gasteiger partial charge in [-0.3, -0.25) is 9.36 Å². The third kappa shape index (κ3) is 5.90. The van der Waals surface area contributed by atoms with E-state index in [4.69, 9.17) is 27.9 Å². The summed E-state index contributed by atoms with van der Waals surface area (Å²) in [6.45, 7) is 4.21. The summed E-state index contributed by atoms with van der Waals surface area (Å²) in [5.74, 6) is 1.70. The van der Waals surface area contributed by atoms with Crippen LogP contribution < -0.4 is 10.1 Å². The summed E-state index contributed by atoms with van der Waals surface area (Å²) in [7, 11) is 0. The van der Waals surface area contributed by atoms with E-state index in [2.05, 4.69) is 28.5 Å². The number of hydrogen-bond donors (Lipinski definition) is 1. The molecule has 0 aliphatic carbocycles. The number of benzene rings is 2. The van der Waals surface area contributed by atoms with Gasteiger partial charge in [0, 0.05) is 16.5 Å². The Hall–Kier alpha value is -2.22. The summed E-state index contributed by atoms with van der Waals surface area (Å²) in [4.78, 5) is 12.3. The molecule has 30 heavy (non-hydrogen) atoms. The molecule has 9 heteroatoms. The van der Waals surface area contributed by atoms with E-state index in [1.165, 1.54) is 0 Å². The van der Waals surface area contributed by atoms with E-state index in [1.54, 1.807) is 30.0 Å². The highest BCUT2D eigenvalue weighted by atomic mass is 35.5. The number of carbonyl (C=O) groups is 1. The standard InChI is InChI=1S/C21H22Cl2N4O2S/c1-3-9-30-21-26-25-19(27(21)16-6-4-5-14(2)10-16)12-24-20(28)13-29-18-8-7-15(22)11-17(18)23/h4-8,10-11H,3,9,12-13H2,1-2H3,(H,24,28). The molecule has 1 N–H and O–H groups in total. The van der Waals surface area contributed by atoms with Gasteiger partial charge >= 0.3 is 0 Å². The minimum atomic E-state index is -0.289. The van der Waals surface area contributed by atoms with E-state index in [0.29, 0.717) is 21.6 Å². The quantitative estimate of drug-likeness (QED) is 0.447. The highest BCUT2D eigenvalue weighted by Gasteiger charge is 2.15. The van der Waals surface area contributed by atoms with Gasteiger partial charge < -0.3 is 10.1 Å². The minimum absolute atomic E-state index is 0.169. The SMILES string of the molecule is CCCSc1nnc(CNC(=O)COc2ccc(Cl)cc2Cl)n1-c1cccc(C)c1. The van der Waals surface area contributed by atoms with Crippen molar-refractivity contribution in [2.75, 3.05) is 12.4 Å². The molecule has 0 atom stereocenters. The molecule has 1 amide bonds. The van der Waals surface area contributed by atoms with Gasteiger partial charge in [0.05, 0.1) is 11.6 Å². The van der Waals surface area contributed by atoms with Gasteiger partial charge in [-0.25, -0.2) is 0 Å². The number of aryl methyl sites for hydroxylation is 1. The van der Waals surface area contributed by atoms with Crippen molar-refractivity contribution in [1.82, 2.24) is 20.1 Å². The van der Waals surface area contributed by atoms with Crippen LogP contribution in [0.4, 0.5) is 0 Å². The van der Waals surface area contributed by atoms with Crippen LogP contribution >= 0.6 is 35.0 Å². The highest BCUT2D eigenvalue weighted by molar-refractivity contribution is 7.99. The summed E-state index contributed by atoms with van der Waals surface area (Å²) in [5.41, 5.74) is 2.10. The van der Waals surface area contributed by atoms with Crippen LogP contribution in [0.15, 0.2) is 47.6 Å². The first-order valence-corrected chi connectivity index (χ1v) is 11.2. The molecule has 0 spiro atoms. The Kier molecular flexibility index (Phi) is 8.01. The van der Waals surface area contributed by atoms with Crippen LogP contribution in [-0.4, -0.2) is 33.0 Å². The first kappa shape index (κ1) is 22.5. The lowest BCUT2D eigenvalue weighted by molar-refractivity contribution is -0.123. The van der Waals surface area contributed by atoms with Crippen LogP contribution in [-0.2, 0) is 11.3 Å². The van der Waals surface area contributed by atoms with Gasteiger partial charge in [-0.2, -0.15) is 0 Å². The lowest BCUT2D eigenvalue weighted by Gasteiger charge is -2.12. The van der Waals surface area contributed by atoms with E-state index >= 15 is 0 Å². The number of rotatable bonds is 9.